The Kier molecular flexibility index (Phi) is 2.39. The normalized spacial score (nSPS) is 19.4. The number of carbonyl (C=O) groups excluding carboxylic acids is 1. The highest BCUT2D eigenvalue weighted by Crippen LogP contribution is 2.28. The molecule has 1 aromatic rings. The molecule has 1 atom stereocenters. The number of hydrogen-bond donors (Lipinski definition) is 0. The first-order valence-corrected chi connectivity index (χ1v) is 5.00. The third-order valence-electron chi connectivity index (χ3n) is 2.70. The number of benzene rings is 1. The van der Waals surface area contributed by atoms with Crippen LogP contribution in [0.25, 0.3) is 0 Å². The smallest absolute Gasteiger partial charge is 0.338 e. The van der Waals surface area contributed by atoms with Crippen LogP contribution in [0.15, 0.2) is 12.1 Å². The molecule has 1 heterocycles. The third-order valence-corrected chi connectivity index (χ3v) is 2.70. The molecule has 3 nitrogen and oxygen atoms in total. The minimum atomic E-state index is -0.245. The van der Waals surface area contributed by atoms with E-state index in [1.54, 1.807) is 13.2 Å². The Hall–Kier alpha value is -1.51. The molecule has 0 radical (unpaired) electrons. The van der Waals surface area contributed by atoms with E-state index in [2.05, 4.69) is 0 Å². The van der Waals surface area contributed by atoms with Crippen molar-refractivity contribution in [3.8, 4) is 5.75 Å². The van der Waals surface area contributed by atoms with Crippen molar-refractivity contribution in [3.63, 3.8) is 0 Å². The summed E-state index contributed by atoms with van der Waals surface area (Å²) in [6.07, 6.45) is 0.758. The first-order chi connectivity index (χ1) is 7.11. The Labute approximate surface area is 89.0 Å². The van der Waals surface area contributed by atoms with E-state index in [4.69, 9.17) is 9.47 Å². The number of esters is 1. The predicted octanol–water partition coefficient (Wildman–Crippen LogP) is 2.11. The maximum absolute atomic E-state index is 11.6. The molecule has 1 aromatic carbocycles. The van der Waals surface area contributed by atoms with Crippen LogP contribution in [0, 0.1) is 6.92 Å². The van der Waals surface area contributed by atoms with Gasteiger partial charge in [0.2, 0.25) is 0 Å². The standard InChI is InChI=1S/C12H14O3/c1-7-4-9(14-3)6-11-10(7)5-8(2)15-12(11)13/h4,6,8H,5H2,1-3H3. The van der Waals surface area contributed by atoms with Crippen LogP contribution in [0.1, 0.15) is 28.4 Å². The molecule has 0 spiro atoms. The molecule has 15 heavy (non-hydrogen) atoms. The van der Waals surface area contributed by atoms with E-state index in [1.807, 2.05) is 19.9 Å². The van der Waals surface area contributed by atoms with Gasteiger partial charge in [0, 0.05) is 6.42 Å². The third kappa shape index (κ3) is 1.69. The van der Waals surface area contributed by atoms with Gasteiger partial charge in [-0.25, -0.2) is 4.79 Å². The summed E-state index contributed by atoms with van der Waals surface area (Å²) < 4.78 is 10.3. The number of aryl methyl sites for hydroxylation is 1. The van der Waals surface area contributed by atoms with Gasteiger partial charge in [-0.05, 0) is 37.1 Å². The molecule has 80 valence electrons. The first-order valence-electron chi connectivity index (χ1n) is 5.00. The predicted molar refractivity (Wildman–Crippen MR) is 56.3 cm³/mol. The lowest BCUT2D eigenvalue weighted by Gasteiger charge is -2.23. The fourth-order valence-corrected chi connectivity index (χ4v) is 1.93. The van der Waals surface area contributed by atoms with Crippen molar-refractivity contribution in [1.82, 2.24) is 0 Å². The van der Waals surface area contributed by atoms with E-state index < -0.39 is 0 Å². The Balaban J connectivity index is 2.55. The second-order valence-corrected chi connectivity index (χ2v) is 3.89. The van der Waals surface area contributed by atoms with Crippen molar-refractivity contribution in [2.24, 2.45) is 0 Å². The van der Waals surface area contributed by atoms with Crippen LogP contribution >= 0.6 is 0 Å². The molecule has 1 unspecified atom stereocenters. The SMILES string of the molecule is COc1cc(C)c2c(c1)C(=O)OC(C)C2. The molecule has 3 heteroatoms. The van der Waals surface area contributed by atoms with Gasteiger partial charge in [-0.1, -0.05) is 0 Å². The lowest BCUT2D eigenvalue weighted by Crippen LogP contribution is -2.25. The number of hydrogen-bond acceptors (Lipinski definition) is 3. The van der Waals surface area contributed by atoms with Gasteiger partial charge in [-0.15, -0.1) is 0 Å². The molecule has 0 fully saturated rings. The average Bonchev–Trinajstić information content (AvgIpc) is 2.19. The minimum Gasteiger partial charge on any atom is -0.497 e. The van der Waals surface area contributed by atoms with Crippen molar-refractivity contribution < 1.29 is 14.3 Å². The summed E-state index contributed by atoms with van der Waals surface area (Å²) in [7, 11) is 1.60. The second-order valence-electron chi connectivity index (χ2n) is 3.89. The number of carbonyl (C=O) groups is 1. The summed E-state index contributed by atoms with van der Waals surface area (Å²) in [5, 5.41) is 0. The topological polar surface area (TPSA) is 35.5 Å². The van der Waals surface area contributed by atoms with Crippen molar-refractivity contribution in [1.29, 1.82) is 0 Å². The molecule has 0 bridgehead atoms. The van der Waals surface area contributed by atoms with Gasteiger partial charge in [0.1, 0.15) is 11.9 Å². The van der Waals surface area contributed by atoms with E-state index in [0.717, 1.165) is 17.5 Å². The van der Waals surface area contributed by atoms with Gasteiger partial charge in [0.25, 0.3) is 0 Å². The minimum absolute atomic E-state index is 0.0305. The number of methoxy groups -OCH3 is 1. The maximum Gasteiger partial charge on any atom is 0.338 e. The molecule has 0 aliphatic carbocycles. The molecule has 0 N–H and O–H groups in total. The van der Waals surface area contributed by atoms with Crippen LogP contribution in [0.5, 0.6) is 5.75 Å². The van der Waals surface area contributed by atoms with Gasteiger partial charge in [-0.3, -0.25) is 0 Å². The van der Waals surface area contributed by atoms with Gasteiger partial charge in [0.15, 0.2) is 0 Å². The molecule has 0 aromatic heterocycles. The molecule has 1 aliphatic heterocycles. The van der Waals surface area contributed by atoms with Gasteiger partial charge >= 0.3 is 5.97 Å². The summed E-state index contributed by atoms with van der Waals surface area (Å²) >= 11 is 0. The monoisotopic (exact) mass is 206 g/mol. The maximum atomic E-state index is 11.6. The number of cyclic esters (lactones) is 1. The zero-order valence-corrected chi connectivity index (χ0v) is 9.16. The first kappa shape index (κ1) is 10.0. The van der Waals surface area contributed by atoms with Crippen molar-refractivity contribution in [2.45, 2.75) is 26.4 Å². The van der Waals surface area contributed by atoms with Gasteiger partial charge in [-0.2, -0.15) is 0 Å². The Bertz CT molecular complexity index is 410. The van der Waals surface area contributed by atoms with Crippen molar-refractivity contribution >= 4 is 5.97 Å². The lowest BCUT2D eigenvalue weighted by atomic mass is 9.94. The summed E-state index contributed by atoms with van der Waals surface area (Å²) in [6, 6.07) is 3.70. The van der Waals surface area contributed by atoms with Crippen LogP contribution < -0.4 is 4.74 Å². The summed E-state index contributed by atoms with van der Waals surface area (Å²) in [5.41, 5.74) is 2.82. The Morgan fingerprint density at radius 2 is 2.20 bits per heavy atom. The largest absolute Gasteiger partial charge is 0.497 e. The number of rotatable bonds is 1. The quantitative estimate of drug-likeness (QED) is 0.660. The summed E-state index contributed by atoms with van der Waals surface area (Å²) in [5.74, 6) is 0.462. The van der Waals surface area contributed by atoms with Crippen LogP contribution in [0.3, 0.4) is 0 Å². The molecule has 1 aliphatic rings. The second kappa shape index (κ2) is 3.57. The van der Waals surface area contributed by atoms with Gasteiger partial charge < -0.3 is 9.47 Å². The zero-order chi connectivity index (χ0) is 11.0. The summed E-state index contributed by atoms with van der Waals surface area (Å²) in [6.45, 7) is 3.90. The Morgan fingerprint density at radius 3 is 2.87 bits per heavy atom. The summed E-state index contributed by atoms with van der Waals surface area (Å²) in [4.78, 5) is 11.6. The van der Waals surface area contributed by atoms with Crippen molar-refractivity contribution in [2.75, 3.05) is 7.11 Å². The van der Waals surface area contributed by atoms with Crippen molar-refractivity contribution in [3.05, 3.63) is 28.8 Å². The van der Waals surface area contributed by atoms with Gasteiger partial charge in [0.05, 0.1) is 12.7 Å². The van der Waals surface area contributed by atoms with E-state index in [1.165, 1.54) is 0 Å². The van der Waals surface area contributed by atoms with E-state index in [9.17, 15) is 4.79 Å². The van der Waals surface area contributed by atoms with E-state index in [0.29, 0.717) is 11.3 Å². The fraction of sp³-hybridized carbons (Fsp3) is 0.417. The molecule has 2 rings (SSSR count). The van der Waals surface area contributed by atoms with Crippen LogP contribution in [-0.4, -0.2) is 19.2 Å². The fourth-order valence-electron chi connectivity index (χ4n) is 1.93. The molecular formula is C12H14O3. The van der Waals surface area contributed by atoms with Crippen LogP contribution in [0.2, 0.25) is 0 Å². The van der Waals surface area contributed by atoms with E-state index >= 15 is 0 Å². The zero-order valence-electron chi connectivity index (χ0n) is 9.16. The van der Waals surface area contributed by atoms with E-state index in [-0.39, 0.29) is 12.1 Å². The Morgan fingerprint density at radius 1 is 1.47 bits per heavy atom. The average molecular weight is 206 g/mol. The highest BCUT2D eigenvalue weighted by atomic mass is 16.5. The van der Waals surface area contributed by atoms with Crippen LogP contribution in [-0.2, 0) is 11.2 Å². The van der Waals surface area contributed by atoms with Crippen LogP contribution in [0.4, 0.5) is 0 Å². The number of ether oxygens (including phenoxy) is 2. The molecule has 0 amide bonds. The molecule has 0 saturated heterocycles. The highest BCUT2D eigenvalue weighted by Gasteiger charge is 2.25. The highest BCUT2D eigenvalue weighted by molar-refractivity contribution is 5.93. The lowest BCUT2D eigenvalue weighted by molar-refractivity contribution is 0.0300. The molecular weight excluding hydrogens is 192 g/mol. The molecule has 0 saturated carbocycles. The number of fused-ring (bicyclic) bond motifs is 1.